The number of ether oxygens (including phenoxy) is 1. The highest BCUT2D eigenvalue weighted by molar-refractivity contribution is 6.20. The number of carbonyl (C=O) groups excluding carboxylic acids is 1. The average molecular weight is 220 g/mol. The van der Waals surface area contributed by atoms with E-state index in [0.29, 0.717) is 12.8 Å². The fraction of sp³-hybridized carbons (Fsp3) is 0.889. The van der Waals surface area contributed by atoms with E-state index in [-0.39, 0.29) is 23.6 Å². The maximum atomic E-state index is 11.4. The number of alkyl halides is 1. The van der Waals surface area contributed by atoms with Crippen LogP contribution in [0.3, 0.4) is 0 Å². The van der Waals surface area contributed by atoms with E-state index in [0.717, 1.165) is 6.42 Å². The summed E-state index contributed by atoms with van der Waals surface area (Å²) in [5.74, 6) is 0. The van der Waals surface area contributed by atoms with Crippen LogP contribution in [0, 0.1) is 0 Å². The summed E-state index contributed by atoms with van der Waals surface area (Å²) in [5, 5.41) is 9.80. The first kappa shape index (κ1) is 10.1. The maximum absolute atomic E-state index is 11.4. The molecule has 0 unspecified atom stereocenters. The normalized spacial score (nSPS) is 41.2. The van der Waals surface area contributed by atoms with E-state index >= 15 is 0 Å². The summed E-state index contributed by atoms with van der Waals surface area (Å²) < 4.78 is 4.69. The quantitative estimate of drug-likeness (QED) is 0.618. The Labute approximate surface area is 87.8 Å². The van der Waals surface area contributed by atoms with Crippen molar-refractivity contribution in [2.24, 2.45) is 0 Å². The van der Waals surface area contributed by atoms with Gasteiger partial charge in [0.05, 0.1) is 19.3 Å². The molecule has 14 heavy (non-hydrogen) atoms. The lowest BCUT2D eigenvalue weighted by Gasteiger charge is -2.35. The van der Waals surface area contributed by atoms with Gasteiger partial charge in [-0.1, -0.05) is 0 Å². The molecule has 1 N–H and O–H groups in total. The Balaban J connectivity index is 2.16. The molecular formula is C9H14ClNO3. The van der Waals surface area contributed by atoms with Crippen molar-refractivity contribution in [1.82, 2.24) is 4.90 Å². The minimum atomic E-state index is -0.442. The molecule has 2 bridgehead atoms. The molecule has 0 aromatic carbocycles. The topological polar surface area (TPSA) is 49.8 Å². The smallest absolute Gasteiger partial charge is 0.410 e. The van der Waals surface area contributed by atoms with Crippen LogP contribution >= 0.6 is 11.6 Å². The number of methoxy groups -OCH3 is 1. The third-order valence-electron chi connectivity index (χ3n) is 3.12. The Kier molecular flexibility index (Phi) is 2.58. The Morgan fingerprint density at radius 3 is 2.79 bits per heavy atom. The first-order chi connectivity index (χ1) is 6.63. The van der Waals surface area contributed by atoms with Crippen molar-refractivity contribution < 1.29 is 14.6 Å². The monoisotopic (exact) mass is 219 g/mol. The molecule has 2 heterocycles. The first-order valence-electron chi connectivity index (χ1n) is 4.82. The van der Waals surface area contributed by atoms with Gasteiger partial charge >= 0.3 is 6.09 Å². The number of fused-ring (bicyclic) bond motifs is 2. The second-order valence-corrected chi connectivity index (χ2v) is 4.59. The predicted octanol–water partition coefficient (Wildman–Crippen LogP) is 0.958. The highest BCUT2D eigenvalue weighted by atomic mass is 35.5. The number of piperidine rings is 1. The lowest BCUT2D eigenvalue weighted by atomic mass is 10.0. The van der Waals surface area contributed by atoms with Gasteiger partial charge in [-0.25, -0.2) is 4.79 Å². The first-order valence-corrected chi connectivity index (χ1v) is 5.25. The molecule has 80 valence electrons. The van der Waals surface area contributed by atoms with Gasteiger partial charge in [0.1, 0.15) is 0 Å². The Bertz CT molecular complexity index is 246. The van der Waals surface area contributed by atoms with Crippen LogP contribution in [0.25, 0.3) is 0 Å². The molecule has 2 aliphatic heterocycles. The van der Waals surface area contributed by atoms with Crippen molar-refractivity contribution in [3.63, 3.8) is 0 Å². The molecule has 2 saturated heterocycles. The standard InChI is InChI=1S/C9H14ClNO3/c1-14-9(13)11-6-2-5(10)3-7(11)8(12)4-6/h5-8,12H,2-4H2,1H3/t5-,6+,7-,8+/m0/s1. The molecule has 0 aromatic rings. The van der Waals surface area contributed by atoms with Gasteiger partial charge in [0.25, 0.3) is 0 Å². The number of aliphatic hydroxyl groups is 1. The lowest BCUT2D eigenvalue weighted by Crippen LogP contribution is -2.48. The molecule has 4 atom stereocenters. The van der Waals surface area contributed by atoms with Gasteiger partial charge in [-0.15, -0.1) is 11.6 Å². The second-order valence-electron chi connectivity index (χ2n) is 3.97. The zero-order chi connectivity index (χ0) is 10.3. The molecule has 2 fully saturated rings. The van der Waals surface area contributed by atoms with Crippen LogP contribution in [0.1, 0.15) is 19.3 Å². The van der Waals surface area contributed by atoms with Gasteiger partial charge in [-0.3, -0.25) is 4.90 Å². The fourth-order valence-corrected chi connectivity index (χ4v) is 2.92. The third kappa shape index (κ3) is 1.46. The van der Waals surface area contributed by atoms with E-state index < -0.39 is 6.10 Å². The van der Waals surface area contributed by atoms with Crippen molar-refractivity contribution in [1.29, 1.82) is 0 Å². The van der Waals surface area contributed by atoms with Crippen LogP contribution in [0.4, 0.5) is 4.79 Å². The minimum absolute atomic E-state index is 0.0544. The van der Waals surface area contributed by atoms with Crippen molar-refractivity contribution in [2.75, 3.05) is 7.11 Å². The highest BCUT2D eigenvalue weighted by Gasteiger charge is 2.48. The predicted molar refractivity (Wildman–Crippen MR) is 51.3 cm³/mol. The highest BCUT2D eigenvalue weighted by Crippen LogP contribution is 2.38. The number of nitrogens with zero attached hydrogens (tertiary/aromatic N) is 1. The Morgan fingerprint density at radius 2 is 2.21 bits per heavy atom. The van der Waals surface area contributed by atoms with E-state index in [1.807, 2.05) is 0 Å². The summed E-state index contributed by atoms with van der Waals surface area (Å²) >= 11 is 6.03. The maximum Gasteiger partial charge on any atom is 0.410 e. The summed E-state index contributed by atoms with van der Waals surface area (Å²) in [6.45, 7) is 0. The summed E-state index contributed by atoms with van der Waals surface area (Å²) in [6.07, 6.45) is 1.25. The number of carbonyl (C=O) groups is 1. The molecule has 4 nitrogen and oxygen atoms in total. The average Bonchev–Trinajstić information content (AvgIpc) is 2.34. The van der Waals surface area contributed by atoms with E-state index in [4.69, 9.17) is 11.6 Å². The molecule has 2 rings (SSSR count). The summed E-state index contributed by atoms with van der Waals surface area (Å²) in [5.41, 5.74) is 0. The van der Waals surface area contributed by atoms with Gasteiger partial charge < -0.3 is 9.84 Å². The molecule has 1 amide bonds. The largest absolute Gasteiger partial charge is 0.453 e. The number of amides is 1. The molecular weight excluding hydrogens is 206 g/mol. The number of hydrogen-bond donors (Lipinski definition) is 1. The van der Waals surface area contributed by atoms with Gasteiger partial charge in [0.15, 0.2) is 0 Å². The minimum Gasteiger partial charge on any atom is -0.453 e. The van der Waals surface area contributed by atoms with Gasteiger partial charge in [-0.2, -0.15) is 0 Å². The summed E-state index contributed by atoms with van der Waals surface area (Å²) in [4.78, 5) is 13.1. The van der Waals surface area contributed by atoms with Crippen molar-refractivity contribution >= 4 is 17.7 Å². The van der Waals surface area contributed by atoms with Crippen molar-refractivity contribution in [3.8, 4) is 0 Å². The van der Waals surface area contributed by atoms with E-state index in [9.17, 15) is 9.90 Å². The van der Waals surface area contributed by atoms with Crippen LogP contribution in [0.2, 0.25) is 0 Å². The summed E-state index contributed by atoms with van der Waals surface area (Å²) in [6, 6.07) is -0.0950. The molecule has 0 aliphatic carbocycles. The fourth-order valence-electron chi connectivity index (χ4n) is 2.53. The SMILES string of the molecule is COC(=O)N1[C@@H]2C[C@H](Cl)C[C@H]1[C@H](O)C2. The molecule has 0 saturated carbocycles. The number of rotatable bonds is 0. The number of halogens is 1. The molecule has 0 aromatic heterocycles. The molecule has 0 radical (unpaired) electrons. The number of aliphatic hydroxyl groups excluding tert-OH is 1. The van der Waals surface area contributed by atoms with Crippen molar-refractivity contribution in [3.05, 3.63) is 0 Å². The molecule has 0 spiro atoms. The van der Waals surface area contributed by atoms with Crippen LogP contribution in [0.5, 0.6) is 0 Å². The van der Waals surface area contributed by atoms with E-state index in [1.165, 1.54) is 7.11 Å². The van der Waals surface area contributed by atoms with Gasteiger partial charge in [-0.05, 0) is 19.3 Å². The van der Waals surface area contributed by atoms with Gasteiger partial charge in [0, 0.05) is 11.4 Å². The second kappa shape index (κ2) is 3.59. The van der Waals surface area contributed by atoms with E-state index in [1.54, 1.807) is 4.90 Å². The van der Waals surface area contributed by atoms with E-state index in [2.05, 4.69) is 4.74 Å². The Hall–Kier alpha value is -0.480. The number of hydrogen-bond acceptors (Lipinski definition) is 3. The van der Waals surface area contributed by atoms with Crippen LogP contribution < -0.4 is 0 Å². The molecule has 2 aliphatic rings. The van der Waals surface area contributed by atoms with Crippen LogP contribution in [-0.4, -0.2) is 46.8 Å². The zero-order valence-corrected chi connectivity index (χ0v) is 8.78. The van der Waals surface area contributed by atoms with Gasteiger partial charge in [0.2, 0.25) is 0 Å². The van der Waals surface area contributed by atoms with Crippen molar-refractivity contribution in [2.45, 2.75) is 42.8 Å². The molecule has 5 heteroatoms. The third-order valence-corrected chi connectivity index (χ3v) is 3.48. The zero-order valence-electron chi connectivity index (χ0n) is 8.02. The summed E-state index contributed by atoms with van der Waals surface area (Å²) in [7, 11) is 1.36. The Morgan fingerprint density at radius 1 is 1.50 bits per heavy atom. The lowest BCUT2D eigenvalue weighted by molar-refractivity contribution is 0.0642. The van der Waals surface area contributed by atoms with Crippen LogP contribution in [-0.2, 0) is 4.74 Å². The van der Waals surface area contributed by atoms with Crippen LogP contribution in [0.15, 0.2) is 0 Å².